The van der Waals surface area contributed by atoms with Crippen molar-refractivity contribution in [2.45, 2.75) is 44.3 Å². The van der Waals surface area contributed by atoms with Crippen molar-refractivity contribution >= 4 is 23.0 Å². The molecule has 8 nitrogen and oxygen atoms in total. The number of amides is 1. The normalized spacial score (nSPS) is 16.6. The van der Waals surface area contributed by atoms with Crippen LogP contribution in [0.1, 0.15) is 36.0 Å². The number of anilines is 2. The van der Waals surface area contributed by atoms with Crippen LogP contribution in [0.25, 0.3) is 0 Å². The van der Waals surface area contributed by atoms with Crippen LogP contribution in [-0.2, 0) is 23.8 Å². The Kier molecular flexibility index (Phi) is 10.6. The lowest BCUT2D eigenvalue weighted by atomic mass is 10.0. The van der Waals surface area contributed by atoms with Crippen LogP contribution in [-0.4, -0.2) is 67.6 Å². The molecule has 0 atom stereocenters. The van der Waals surface area contributed by atoms with Gasteiger partial charge in [0.05, 0.1) is 11.1 Å². The largest absolute Gasteiger partial charge is 0.489 e. The summed E-state index contributed by atoms with van der Waals surface area (Å²) in [4.78, 5) is 29.9. The van der Waals surface area contributed by atoms with E-state index in [1.807, 2.05) is 24.3 Å². The quantitative estimate of drug-likeness (QED) is 0.181. The lowest BCUT2D eigenvalue weighted by molar-refractivity contribution is -0.138. The zero-order valence-electron chi connectivity index (χ0n) is 25.5. The molecule has 1 N–H and O–H groups in total. The summed E-state index contributed by atoms with van der Waals surface area (Å²) in [5, 5.41) is 5.57. The predicted octanol–water partition coefficient (Wildman–Crippen LogP) is 7.32. The first-order chi connectivity index (χ1) is 22.4. The summed E-state index contributed by atoms with van der Waals surface area (Å²) in [6.45, 7) is 4.98. The molecule has 0 bridgehead atoms. The molecular formula is C33H35F6N5O3. The van der Waals surface area contributed by atoms with Crippen molar-refractivity contribution in [2.75, 3.05) is 56.0 Å². The molecule has 3 aromatic carbocycles. The van der Waals surface area contributed by atoms with Crippen LogP contribution in [0.15, 0.2) is 71.9 Å². The zero-order valence-corrected chi connectivity index (χ0v) is 25.5. The number of piperidine rings is 1. The second kappa shape index (κ2) is 14.6. The van der Waals surface area contributed by atoms with Crippen molar-refractivity contribution in [2.24, 2.45) is 5.18 Å². The molecule has 3 aromatic rings. The van der Waals surface area contributed by atoms with Crippen molar-refractivity contribution in [3.05, 3.63) is 88.3 Å². The summed E-state index contributed by atoms with van der Waals surface area (Å²) in [5.41, 5.74) is -0.491. The molecule has 0 spiro atoms. The predicted molar refractivity (Wildman–Crippen MR) is 166 cm³/mol. The van der Waals surface area contributed by atoms with E-state index in [1.54, 1.807) is 4.90 Å². The highest BCUT2D eigenvalue weighted by molar-refractivity contribution is 5.76. The van der Waals surface area contributed by atoms with Gasteiger partial charge in [-0.3, -0.25) is 9.69 Å². The Hall–Kier alpha value is -4.33. The molecule has 2 heterocycles. The van der Waals surface area contributed by atoms with Gasteiger partial charge in [0.2, 0.25) is 5.91 Å². The number of likely N-dealkylation sites (tertiary alicyclic amines) is 1. The maximum atomic E-state index is 13.2. The monoisotopic (exact) mass is 663 g/mol. The van der Waals surface area contributed by atoms with Crippen molar-refractivity contribution in [1.82, 2.24) is 9.80 Å². The molecule has 0 saturated carbocycles. The van der Waals surface area contributed by atoms with Crippen molar-refractivity contribution in [3.63, 3.8) is 0 Å². The first-order valence-corrected chi connectivity index (χ1v) is 15.3. The van der Waals surface area contributed by atoms with Gasteiger partial charge in [0, 0.05) is 69.7 Å². The van der Waals surface area contributed by atoms with Crippen LogP contribution in [0.4, 0.5) is 43.4 Å². The molecule has 14 heteroatoms. The second-order valence-corrected chi connectivity index (χ2v) is 11.7. The number of alkyl halides is 6. The number of carbonyl (C=O) groups excluding carboxylic acids is 1. The maximum absolute atomic E-state index is 13.2. The van der Waals surface area contributed by atoms with Gasteiger partial charge >= 0.3 is 12.4 Å². The van der Waals surface area contributed by atoms with Gasteiger partial charge in [0.15, 0.2) is 0 Å². The summed E-state index contributed by atoms with van der Waals surface area (Å²) in [6, 6.07) is 15.7. The minimum Gasteiger partial charge on any atom is -0.489 e. The molecule has 47 heavy (non-hydrogen) atoms. The van der Waals surface area contributed by atoms with Gasteiger partial charge < -0.3 is 19.9 Å². The molecule has 2 saturated heterocycles. The molecule has 2 fully saturated rings. The molecule has 1 amide bonds. The van der Waals surface area contributed by atoms with Gasteiger partial charge in [-0.1, -0.05) is 12.1 Å². The standard InChI is InChI=1S/C33H35F6N5O3/c34-32(35,36)24-3-1-23(2-4-24)22-47-28-8-6-27(7-9-28)43-19-17-42(18-20-43)14-13-31(45)44-15-11-25(12-16-44)40-26-5-10-30(41-46)29(21-26)33(37,38)39/h1-10,21,25,40H,11-20,22H2. The highest BCUT2D eigenvalue weighted by Gasteiger charge is 2.35. The summed E-state index contributed by atoms with van der Waals surface area (Å²) in [5.74, 6) is 0.672. The second-order valence-electron chi connectivity index (χ2n) is 11.7. The minimum absolute atomic E-state index is 0.0542. The smallest absolute Gasteiger partial charge is 0.418 e. The third kappa shape index (κ3) is 9.15. The van der Waals surface area contributed by atoms with E-state index in [1.165, 1.54) is 18.2 Å². The van der Waals surface area contributed by atoms with Gasteiger partial charge in [-0.25, -0.2) is 0 Å². The number of nitroso groups, excluding NO2 is 1. The number of benzene rings is 3. The average molecular weight is 664 g/mol. The number of halogens is 6. The number of rotatable bonds is 10. The highest BCUT2D eigenvalue weighted by Crippen LogP contribution is 2.38. The van der Waals surface area contributed by atoms with Crippen molar-refractivity contribution in [1.29, 1.82) is 0 Å². The van der Waals surface area contributed by atoms with Gasteiger partial charge in [-0.2, -0.15) is 26.3 Å². The highest BCUT2D eigenvalue weighted by atomic mass is 19.4. The van der Waals surface area contributed by atoms with Crippen LogP contribution in [0, 0.1) is 4.91 Å². The third-order valence-corrected chi connectivity index (χ3v) is 8.52. The summed E-state index contributed by atoms with van der Waals surface area (Å²) >= 11 is 0. The van der Waals surface area contributed by atoms with E-state index >= 15 is 0 Å². The molecule has 2 aliphatic heterocycles. The van der Waals surface area contributed by atoms with E-state index in [9.17, 15) is 36.0 Å². The summed E-state index contributed by atoms with van der Waals surface area (Å²) in [6.07, 6.45) is -7.48. The topological polar surface area (TPSA) is 77.5 Å². The fourth-order valence-electron chi connectivity index (χ4n) is 5.79. The molecule has 252 valence electrons. The van der Waals surface area contributed by atoms with Crippen LogP contribution >= 0.6 is 0 Å². The number of ether oxygens (including phenoxy) is 1. The van der Waals surface area contributed by atoms with Crippen LogP contribution in [0.3, 0.4) is 0 Å². The fraction of sp³-hybridized carbons (Fsp3) is 0.424. The van der Waals surface area contributed by atoms with E-state index in [4.69, 9.17) is 4.74 Å². The molecule has 2 aliphatic rings. The Balaban J connectivity index is 0.998. The lowest BCUT2D eigenvalue weighted by Crippen LogP contribution is -2.48. The minimum atomic E-state index is -4.68. The molecule has 5 rings (SSSR count). The molecular weight excluding hydrogens is 628 g/mol. The number of piperazine rings is 1. The Labute approximate surface area is 268 Å². The Morgan fingerprint density at radius 3 is 2.09 bits per heavy atom. The zero-order chi connectivity index (χ0) is 33.6. The van der Waals surface area contributed by atoms with Crippen LogP contribution in [0.5, 0.6) is 5.75 Å². The van der Waals surface area contributed by atoms with Crippen molar-refractivity contribution in [3.8, 4) is 5.75 Å². The van der Waals surface area contributed by atoms with E-state index in [0.29, 0.717) is 50.2 Å². The van der Waals surface area contributed by atoms with Gasteiger partial charge in [-0.15, -0.1) is 4.91 Å². The van der Waals surface area contributed by atoms with Crippen LogP contribution in [0.2, 0.25) is 0 Å². The van der Waals surface area contributed by atoms with E-state index < -0.39 is 29.2 Å². The van der Waals surface area contributed by atoms with E-state index in [0.717, 1.165) is 56.1 Å². The average Bonchev–Trinajstić information content (AvgIpc) is 3.06. The number of hydrogen-bond donors (Lipinski definition) is 1. The molecule has 0 aromatic heterocycles. The lowest BCUT2D eigenvalue weighted by Gasteiger charge is -2.37. The number of nitrogens with one attached hydrogen (secondary N) is 1. The van der Waals surface area contributed by atoms with Crippen LogP contribution < -0.4 is 15.0 Å². The van der Waals surface area contributed by atoms with Gasteiger partial charge in [-0.05, 0) is 78.2 Å². The number of carbonyl (C=O) groups is 1. The van der Waals surface area contributed by atoms with E-state index in [-0.39, 0.29) is 24.2 Å². The Morgan fingerprint density at radius 1 is 0.830 bits per heavy atom. The number of hydrogen-bond acceptors (Lipinski definition) is 7. The first kappa shape index (κ1) is 34.0. The third-order valence-electron chi connectivity index (χ3n) is 8.52. The fourth-order valence-corrected chi connectivity index (χ4v) is 5.79. The van der Waals surface area contributed by atoms with Gasteiger partial charge in [0.25, 0.3) is 0 Å². The summed E-state index contributed by atoms with van der Waals surface area (Å²) < 4.78 is 83.7. The van der Waals surface area contributed by atoms with Gasteiger partial charge in [0.1, 0.15) is 18.0 Å². The molecule has 0 radical (unpaired) electrons. The Bertz CT molecular complexity index is 1500. The maximum Gasteiger partial charge on any atom is 0.418 e. The summed E-state index contributed by atoms with van der Waals surface area (Å²) in [7, 11) is 0. The van der Waals surface area contributed by atoms with Crippen molar-refractivity contribution < 1.29 is 35.9 Å². The molecule has 0 unspecified atom stereocenters. The number of nitrogens with zero attached hydrogens (tertiary/aromatic N) is 4. The van der Waals surface area contributed by atoms with E-state index in [2.05, 4.69) is 20.3 Å². The SMILES string of the molecule is O=Nc1ccc(NC2CCN(C(=O)CCN3CCN(c4ccc(OCc5ccc(C(F)(F)F)cc5)cc4)CC3)CC2)cc1C(F)(F)F. The Morgan fingerprint density at radius 2 is 1.49 bits per heavy atom. The first-order valence-electron chi connectivity index (χ1n) is 15.3. The molecule has 0 aliphatic carbocycles.